The molecule has 0 aliphatic heterocycles. The molecule has 0 aliphatic rings. The van der Waals surface area contributed by atoms with Crippen molar-refractivity contribution in [2.24, 2.45) is 0 Å². The first-order valence-corrected chi connectivity index (χ1v) is 3.91. The van der Waals surface area contributed by atoms with E-state index >= 15 is 0 Å². The Kier molecular flexibility index (Phi) is 3.06. The number of aromatic hydroxyl groups is 1. The van der Waals surface area contributed by atoms with Gasteiger partial charge in [-0.25, -0.2) is 4.79 Å². The van der Waals surface area contributed by atoms with Crippen LogP contribution in [0.1, 0.15) is 0 Å². The molecule has 1 aromatic carbocycles. The Morgan fingerprint density at radius 1 is 1.60 bits per heavy atom. The van der Waals surface area contributed by atoms with Crippen molar-refractivity contribution in [2.45, 2.75) is 0 Å². The molecule has 0 saturated carbocycles. The summed E-state index contributed by atoms with van der Waals surface area (Å²) in [6.07, 6.45) is -0.814. The Morgan fingerprint density at radius 3 is 2.80 bits per heavy atom. The van der Waals surface area contributed by atoms with E-state index < -0.39 is 11.0 Å². The van der Waals surface area contributed by atoms with Gasteiger partial charge in [-0.1, -0.05) is 0 Å². The first-order valence-electron chi connectivity index (χ1n) is 3.91. The summed E-state index contributed by atoms with van der Waals surface area (Å²) in [6, 6.07) is 3.15. The van der Waals surface area contributed by atoms with Crippen LogP contribution in [0, 0.1) is 10.1 Å². The minimum Gasteiger partial charge on any atom is -0.504 e. The van der Waals surface area contributed by atoms with Crippen molar-refractivity contribution in [1.29, 1.82) is 0 Å². The molecule has 0 spiro atoms. The van der Waals surface area contributed by atoms with E-state index in [9.17, 15) is 20.0 Å². The van der Waals surface area contributed by atoms with Gasteiger partial charge in [0.05, 0.1) is 11.0 Å². The highest BCUT2D eigenvalue weighted by Gasteiger charge is 2.13. The van der Waals surface area contributed by atoms with Gasteiger partial charge in [-0.15, -0.1) is 0 Å². The van der Waals surface area contributed by atoms with Crippen molar-refractivity contribution in [2.75, 3.05) is 7.05 Å². The van der Waals surface area contributed by atoms with Gasteiger partial charge in [-0.3, -0.25) is 10.1 Å². The van der Waals surface area contributed by atoms with E-state index in [0.29, 0.717) is 0 Å². The zero-order valence-electron chi connectivity index (χ0n) is 7.76. The minimum atomic E-state index is -0.814. The molecule has 7 heteroatoms. The number of non-ortho nitro benzene ring substituents is 1. The smallest absolute Gasteiger partial charge is 0.412 e. The van der Waals surface area contributed by atoms with Gasteiger partial charge < -0.3 is 15.2 Å². The van der Waals surface area contributed by atoms with Crippen LogP contribution in [0.3, 0.4) is 0 Å². The number of phenols is 1. The molecule has 7 nitrogen and oxygen atoms in total. The molecule has 2 N–H and O–H groups in total. The molecule has 1 rings (SSSR count). The molecule has 80 valence electrons. The first kappa shape index (κ1) is 10.8. The summed E-state index contributed by atoms with van der Waals surface area (Å²) in [7, 11) is 1.33. The topological polar surface area (TPSA) is 102 Å². The first-order chi connectivity index (χ1) is 7.04. The normalized spacial score (nSPS) is 9.40. The number of hydrogen-bond acceptors (Lipinski definition) is 5. The van der Waals surface area contributed by atoms with Crippen molar-refractivity contribution in [3.05, 3.63) is 28.3 Å². The van der Waals surface area contributed by atoms with Gasteiger partial charge in [0.2, 0.25) is 0 Å². The molecule has 0 saturated heterocycles. The molecule has 1 aromatic rings. The van der Waals surface area contributed by atoms with Crippen LogP contribution in [0.2, 0.25) is 0 Å². The Hall–Kier alpha value is -2.31. The maximum Gasteiger partial charge on any atom is 0.412 e. The zero-order valence-corrected chi connectivity index (χ0v) is 7.76. The number of amides is 1. The average Bonchev–Trinajstić information content (AvgIpc) is 2.20. The standard InChI is InChI=1S/C8H8N2O5/c1-9-8(12)15-7-4-5(10(13)14)2-3-6(7)11/h2-4,11H,1H3,(H,9,12). The molecular formula is C8H8N2O5. The maximum absolute atomic E-state index is 10.8. The second-order valence-corrected chi connectivity index (χ2v) is 2.55. The van der Waals surface area contributed by atoms with E-state index in [1.54, 1.807) is 0 Å². The molecule has 15 heavy (non-hydrogen) atoms. The molecule has 0 aliphatic carbocycles. The average molecular weight is 212 g/mol. The summed E-state index contributed by atoms with van der Waals surface area (Å²) in [6.45, 7) is 0. The molecule has 0 bridgehead atoms. The lowest BCUT2D eigenvalue weighted by atomic mass is 10.3. The minimum absolute atomic E-state index is 0.261. The van der Waals surface area contributed by atoms with Crippen LogP contribution in [-0.4, -0.2) is 23.2 Å². The van der Waals surface area contributed by atoms with Crippen LogP contribution >= 0.6 is 0 Å². The van der Waals surface area contributed by atoms with Gasteiger partial charge >= 0.3 is 6.09 Å². The molecule has 0 unspecified atom stereocenters. The number of benzene rings is 1. The van der Waals surface area contributed by atoms with Gasteiger partial charge in [0.1, 0.15) is 0 Å². The Morgan fingerprint density at radius 2 is 2.27 bits per heavy atom. The zero-order chi connectivity index (χ0) is 11.4. The summed E-state index contributed by atoms with van der Waals surface area (Å²) in [4.78, 5) is 20.5. The van der Waals surface area contributed by atoms with Crippen molar-refractivity contribution in [1.82, 2.24) is 5.32 Å². The van der Waals surface area contributed by atoms with E-state index in [2.05, 4.69) is 10.1 Å². The number of nitro groups is 1. The fraction of sp³-hybridized carbons (Fsp3) is 0.125. The Balaban J connectivity index is 3.00. The highest BCUT2D eigenvalue weighted by molar-refractivity contribution is 5.71. The summed E-state index contributed by atoms with van der Waals surface area (Å²) in [5.74, 6) is -0.604. The second-order valence-electron chi connectivity index (χ2n) is 2.55. The van der Waals surface area contributed by atoms with Crippen LogP contribution in [0.5, 0.6) is 11.5 Å². The predicted octanol–water partition coefficient (Wildman–Crippen LogP) is 1.02. The number of phenolic OH excluding ortho intramolecular Hbond substituents is 1. The van der Waals surface area contributed by atoms with Gasteiger partial charge in [0, 0.05) is 13.1 Å². The molecule has 0 fully saturated rings. The molecule has 1 amide bonds. The number of ether oxygens (including phenoxy) is 1. The third kappa shape index (κ3) is 2.56. The summed E-state index contributed by atoms with van der Waals surface area (Å²) in [5, 5.41) is 21.8. The quantitative estimate of drug-likeness (QED) is 0.562. The number of rotatable bonds is 2. The van der Waals surface area contributed by atoms with Gasteiger partial charge in [-0.2, -0.15) is 0 Å². The van der Waals surface area contributed by atoms with Crippen LogP contribution < -0.4 is 10.1 Å². The monoisotopic (exact) mass is 212 g/mol. The highest BCUT2D eigenvalue weighted by Crippen LogP contribution is 2.29. The predicted molar refractivity (Wildman–Crippen MR) is 49.8 cm³/mol. The van der Waals surface area contributed by atoms with Crippen LogP contribution in [0.4, 0.5) is 10.5 Å². The number of carbonyl (C=O) groups excluding carboxylic acids is 1. The van der Waals surface area contributed by atoms with Crippen molar-refractivity contribution in [3.8, 4) is 11.5 Å². The number of nitrogens with zero attached hydrogens (tertiary/aromatic N) is 1. The molecule has 0 aromatic heterocycles. The lowest BCUT2D eigenvalue weighted by molar-refractivity contribution is -0.384. The lowest BCUT2D eigenvalue weighted by Gasteiger charge is -2.04. The van der Waals surface area contributed by atoms with Crippen molar-refractivity contribution >= 4 is 11.8 Å². The number of nitrogens with one attached hydrogen (secondary N) is 1. The Bertz CT molecular complexity index is 404. The van der Waals surface area contributed by atoms with Crippen LogP contribution in [0.15, 0.2) is 18.2 Å². The molecular weight excluding hydrogens is 204 g/mol. The van der Waals surface area contributed by atoms with Crippen LogP contribution in [0.25, 0.3) is 0 Å². The number of hydrogen-bond donors (Lipinski definition) is 2. The maximum atomic E-state index is 10.8. The summed E-state index contributed by atoms with van der Waals surface area (Å²) >= 11 is 0. The largest absolute Gasteiger partial charge is 0.504 e. The Labute approximate surface area is 84.4 Å². The molecule has 0 heterocycles. The highest BCUT2D eigenvalue weighted by atomic mass is 16.6. The van der Waals surface area contributed by atoms with Crippen molar-refractivity contribution < 1.29 is 19.6 Å². The van der Waals surface area contributed by atoms with E-state index in [0.717, 1.165) is 18.2 Å². The summed E-state index contributed by atoms with van der Waals surface area (Å²) < 4.78 is 4.58. The van der Waals surface area contributed by atoms with E-state index in [1.165, 1.54) is 7.05 Å². The number of nitro benzene ring substituents is 1. The van der Waals surface area contributed by atoms with Gasteiger partial charge in [0.15, 0.2) is 11.5 Å². The van der Waals surface area contributed by atoms with E-state index in [1.807, 2.05) is 0 Å². The molecule has 0 atom stereocenters. The van der Waals surface area contributed by atoms with E-state index in [4.69, 9.17) is 0 Å². The molecule has 0 radical (unpaired) electrons. The third-order valence-corrected chi connectivity index (χ3v) is 1.56. The van der Waals surface area contributed by atoms with Crippen molar-refractivity contribution in [3.63, 3.8) is 0 Å². The van der Waals surface area contributed by atoms with Crippen LogP contribution in [-0.2, 0) is 0 Å². The van der Waals surface area contributed by atoms with Gasteiger partial charge in [-0.05, 0) is 6.07 Å². The number of carbonyl (C=O) groups is 1. The third-order valence-electron chi connectivity index (χ3n) is 1.56. The van der Waals surface area contributed by atoms with E-state index in [-0.39, 0.29) is 17.2 Å². The summed E-state index contributed by atoms with van der Waals surface area (Å²) in [5.41, 5.74) is -0.272. The fourth-order valence-corrected chi connectivity index (χ4v) is 0.849. The van der Waals surface area contributed by atoms with Gasteiger partial charge in [0.25, 0.3) is 5.69 Å². The SMILES string of the molecule is CNC(=O)Oc1cc([N+](=O)[O-])ccc1O. The second kappa shape index (κ2) is 4.27. The fourth-order valence-electron chi connectivity index (χ4n) is 0.849. The lowest BCUT2D eigenvalue weighted by Crippen LogP contribution is -2.22.